The van der Waals surface area contributed by atoms with Crippen LogP contribution in [0.1, 0.15) is 16.8 Å². The van der Waals surface area contributed by atoms with Crippen molar-refractivity contribution in [1.29, 1.82) is 0 Å². The molecule has 0 bridgehead atoms. The molecule has 0 aliphatic heterocycles. The molecule has 3 N–H and O–H groups in total. The summed E-state index contributed by atoms with van der Waals surface area (Å²) in [6.45, 7) is 0.268. The second-order valence-corrected chi connectivity index (χ2v) is 3.79. The van der Waals surface area contributed by atoms with E-state index in [-0.39, 0.29) is 30.2 Å². The van der Waals surface area contributed by atoms with Crippen molar-refractivity contribution in [2.24, 2.45) is 5.73 Å². The maximum Gasteiger partial charge on any atom is 0.172 e. The van der Waals surface area contributed by atoms with Crippen LogP contribution in [-0.2, 0) is 0 Å². The van der Waals surface area contributed by atoms with E-state index in [1.807, 2.05) is 0 Å². The van der Waals surface area contributed by atoms with Gasteiger partial charge in [0.1, 0.15) is 0 Å². The molecule has 15 heavy (non-hydrogen) atoms. The molecule has 0 amide bonds. The maximum absolute atomic E-state index is 11.7. The molecule has 0 heterocycles. The average molecular weight is 274 g/mol. The van der Waals surface area contributed by atoms with Crippen molar-refractivity contribution in [2.75, 3.05) is 13.7 Å². The Labute approximate surface area is 96.2 Å². The first-order chi connectivity index (χ1) is 7.11. The van der Waals surface area contributed by atoms with Crippen molar-refractivity contribution in [3.8, 4) is 11.5 Å². The van der Waals surface area contributed by atoms with Gasteiger partial charge in [0.2, 0.25) is 0 Å². The van der Waals surface area contributed by atoms with Crippen LogP contribution >= 0.6 is 15.9 Å². The van der Waals surface area contributed by atoms with Gasteiger partial charge in [0, 0.05) is 10.9 Å². The SMILES string of the molecule is COc1c(O)ccc(Br)c1C(=O)CCN. The number of nitrogens with two attached hydrogens (primary N) is 1. The first kappa shape index (κ1) is 12.0. The Morgan fingerprint density at radius 3 is 2.80 bits per heavy atom. The lowest BCUT2D eigenvalue weighted by Crippen LogP contribution is -2.10. The minimum absolute atomic E-state index is 0.0546. The summed E-state index contributed by atoms with van der Waals surface area (Å²) < 4.78 is 5.58. The Bertz CT molecular complexity index is 379. The van der Waals surface area contributed by atoms with Gasteiger partial charge < -0.3 is 15.6 Å². The smallest absolute Gasteiger partial charge is 0.172 e. The standard InChI is InChI=1S/C10H12BrNO3/c1-15-10-8(14)3-2-6(11)9(10)7(13)4-5-12/h2-3,14H,4-5,12H2,1H3. The Hall–Kier alpha value is -1.07. The number of ether oxygens (including phenoxy) is 1. The predicted octanol–water partition coefficient (Wildman–Crippen LogP) is 1.69. The monoisotopic (exact) mass is 273 g/mol. The molecule has 0 aliphatic carbocycles. The van der Waals surface area contributed by atoms with Gasteiger partial charge in [-0.25, -0.2) is 0 Å². The van der Waals surface area contributed by atoms with Crippen LogP contribution in [0.5, 0.6) is 11.5 Å². The number of carbonyl (C=O) groups is 1. The molecule has 0 atom stereocenters. The third-order valence-electron chi connectivity index (χ3n) is 1.94. The quantitative estimate of drug-likeness (QED) is 0.819. The van der Waals surface area contributed by atoms with Crippen molar-refractivity contribution in [1.82, 2.24) is 0 Å². The first-order valence-electron chi connectivity index (χ1n) is 4.40. The molecule has 0 aliphatic rings. The van der Waals surface area contributed by atoms with Crippen molar-refractivity contribution in [3.63, 3.8) is 0 Å². The molecule has 1 rings (SSSR count). The zero-order valence-corrected chi connectivity index (χ0v) is 9.87. The van der Waals surface area contributed by atoms with Gasteiger partial charge in [0.25, 0.3) is 0 Å². The van der Waals surface area contributed by atoms with Gasteiger partial charge in [-0.2, -0.15) is 0 Å². The van der Waals surface area contributed by atoms with Gasteiger partial charge >= 0.3 is 0 Å². The largest absolute Gasteiger partial charge is 0.504 e. The molecule has 0 radical (unpaired) electrons. The summed E-state index contributed by atoms with van der Waals surface area (Å²) in [7, 11) is 1.40. The topological polar surface area (TPSA) is 72.5 Å². The third kappa shape index (κ3) is 2.49. The van der Waals surface area contributed by atoms with Crippen molar-refractivity contribution >= 4 is 21.7 Å². The van der Waals surface area contributed by atoms with Crippen molar-refractivity contribution in [2.45, 2.75) is 6.42 Å². The molecule has 1 aromatic rings. The lowest BCUT2D eigenvalue weighted by atomic mass is 10.1. The van der Waals surface area contributed by atoms with Crippen LogP contribution in [0.25, 0.3) is 0 Å². The van der Waals surface area contributed by atoms with E-state index >= 15 is 0 Å². The molecule has 0 saturated carbocycles. The normalized spacial score (nSPS) is 10.1. The van der Waals surface area contributed by atoms with Gasteiger partial charge in [0.05, 0.1) is 12.7 Å². The zero-order valence-electron chi connectivity index (χ0n) is 8.29. The third-order valence-corrected chi connectivity index (χ3v) is 2.60. The Morgan fingerprint density at radius 1 is 1.60 bits per heavy atom. The molecule has 0 aromatic heterocycles. The van der Waals surface area contributed by atoms with Crippen LogP contribution in [0.3, 0.4) is 0 Å². The highest BCUT2D eigenvalue weighted by Crippen LogP contribution is 2.35. The summed E-state index contributed by atoms with van der Waals surface area (Å²) in [5, 5.41) is 9.50. The predicted molar refractivity (Wildman–Crippen MR) is 60.4 cm³/mol. The van der Waals surface area contributed by atoms with Gasteiger partial charge in [-0.15, -0.1) is 0 Å². The molecule has 0 saturated heterocycles. The Balaban J connectivity index is 3.24. The number of Topliss-reactive ketones (excluding diaryl/α,β-unsaturated/α-hetero) is 1. The summed E-state index contributed by atoms with van der Waals surface area (Å²) in [4.78, 5) is 11.7. The molecule has 5 heteroatoms. The number of methoxy groups -OCH3 is 1. The van der Waals surface area contributed by atoms with Gasteiger partial charge in [-0.1, -0.05) is 0 Å². The lowest BCUT2D eigenvalue weighted by molar-refractivity contribution is 0.0981. The molecule has 1 aromatic carbocycles. The average Bonchev–Trinajstić information content (AvgIpc) is 2.21. The van der Waals surface area contributed by atoms with Crippen LogP contribution in [0, 0.1) is 0 Å². The van der Waals surface area contributed by atoms with Crippen molar-refractivity contribution in [3.05, 3.63) is 22.2 Å². The number of phenols is 1. The molecule has 0 spiro atoms. The number of aromatic hydroxyl groups is 1. The van der Waals surface area contributed by atoms with Crippen LogP contribution in [0.15, 0.2) is 16.6 Å². The van der Waals surface area contributed by atoms with E-state index in [9.17, 15) is 9.90 Å². The fraction of sp³-hybridized carbons (Fsp3) is 0.300. The summed E-state index contributed by atoms with van der Waals surface area (Å²) in [6.07, 6.45) is 0.221. The highest BCUT2D eigenvalue weighted by molar-refractivity contribution is 9.10. The molecule has 0 unspecified atom stereocenters. The molecule has 0 fully saturated rings. The fourth-order valence-corrected chi connectivity index (χ4v) is 1.80. The number of hydrogen-bond acceptors (Lipinski definition) is 4. The summed E-state index contributed by atoms with van der Waals surface area (Å²) in [6, 6.07) is 3.06. The molecule has 4 nitrogen and oxygen atoms in total. The lowest BCUT2D eigenvalue weighted by Gasteiger charge is -2.10. The van der Waals surface area contributed by atoms with E-state index in [1.165, 1.54) is 13.2 Å². The second kappa shape index (κ2) is 5.14. The van der Waals surface area contributed by atoms with Gasteiger partial charge in [-0.05, 0) is 34.6 Å². The van der Waals surface area contributed by atoms with E-state index in [2.05, 4.69) is 15.9 Å². The second-order valence-electron chi connectivity index (χ2n) is 2.94. The summed E-state index contributed by atoms with van der Waals surface area (Å²) in [5.74, 6) is -0.0268. The highest BCUT2D eigenvalue weighted by atomic mass is 79.9. The highest BCUT2D eigenvalue weighted by Gasteiger charge is 2.18. The van der Waals surface area contributed by atoms with Gasteiger partial charge in [-0.3, -0.25) is 4.79 Å². The number of benzene rings is 1. The van der Waals surface area contributed by atoms with Crippen molar-refractivity contribution < 1.29 is 14.6 Å². The van der Waals surface area contributed by atoms with E-state index < -0.39 is 0 Å². The van der Waals surface area contributed by atoms with E-state index in [0.29, 0.717) is 10.0 Å². The van der Waals surface area contributed by atoms with E-state index in [0.717, 1.165) is 0 Å². The minimum Gasteiger partial charge on any atom is -0.504 e. The van der Waals surface area contributed by atoms with Crippen LogP contribution < -0.4 is 10.5 Å². The number of rotatable bonds is 4. The maximum atomic E-state index is 11.7. The fourth-order valence-electron chi connectivity index (χ4n) is 1.27. The molecular weight excluding hydrogens is 262 g/mol. The number of ketones is 1. The van der Waals surface area contributed by atoms with Crippen LogP contribution in [0.4, 0.5) is 0 Å². The number of halogens is 1. The summed E-state index contributed by atoms with van der Waals surface area (Å²) in [5.41, 5.74) is 5.64. The molecular formula is C10H12BrNO3. The van der Waals surface area contributed by atoms with Crippen LogP contribution in [0.2, 0.25) is 0 Å². The van der Waals surface area contributed by atoms with E-state index in [1.54, 1.807) is 6.07 Å². The summed E-state index contributed by atoms with van der Waals surface area (Å²) >= 11 is 3.24. The number of carbonyl (C=O) groups excluding carboxylic acids is 1. The molecule has 82 valence electrons. The van der Waals surface area contributed by atoms with Crippen LogP contribution in [-0.4, -0.2) is 24.5 Å². The Kier molecular flexibility index (Phi) is 4.11. The van der Waals surface area contributed by atoms with Gasteiger partial charge in [0.15, 0.2) is 17.3 Å². The van der Waals surface area contributed by atoms with E-state index in [4.69, 9.17) is 10.5 Å². The minimum atomic E-state index is -0.155. The first-order valence-corrected chi connectivity index (χ1v) is 5.19. The Morgan fingerprint density at radius 2 is 2.27 bits per heavy atom. The number of phenolic OH excluding ortho intramolecular Hbond substituents is 1. The zero-order chi connectivity index (χ0) is 11.4. The number of hydrogen-bond donors (Lipinski definition) is 2.